The molecule has 0 unspecified atom stereocenters. The average Bonchev–Trinajstić information content (AvgIpc) is 3.62. The number of nitrogens with zero attached hydrogens (tertiary/aromatic N) is 3. The van der Waals surface area contributed by atoms with Gasteiger partial charge in [-0.2, -0.15) is 0 Å². The van der Waals surface area contributed by atoms with E-state index in [4.69, 9.17) is 14.2 Å². The van der Waals surface area contributed by atoms with Gasteiger partial charge in [0.15, 0.2) is 15.8 Å². The van der Waals surface area contributed by atoms with Gasteiger partial charge in [0.2, 0.25) is 5.13 Å². The van der Waals surface area contributed by atoms with E-state index in [1.165, 1.54) is 33.6 Å². The van der Waals surface area contributed by atoms with E-state index in [0.717, 1.165) is 18.4 Å². The first kappa shape index (κ1) is 29.7. The molecular formula is C33H31N3O6S2. The van der Waals surface area contributed by atoms with Gasteiger partial charge in [0, 0.05) is 11.3 Å². The number of aryl methyl sites for hydroxylation is 1. The summed E-state index contributed by atoms with van der Waals surface area (Å²) in [6.45, 7) is 5.46. The van der Waals surface area contributed by atoms with Gasteiger partial charge in [0.25, 0.3) is 5.78 Å². The Labute approximate surface area is 263 Å². The molecule has 44 heavy (non-hydrogen) atoms. The highest BCUT2D eigenvalue weighted by molar-refractivity contribution is 8.00. The Hall–Kier alpha value is -4.35. The molecule has 9 nitrogen and oxygen atoms in total. The fourth-order valence-corrected chi connectivity index (χ4v) is 6.81. The minimum atomic E-state index is -0.958. The van der Waals surface area contributed by atoms with Gasteiger partial charge in [-0.15, -0.1) is 10.2 Å². The number of benzene rings is 3. The summed E-state index contributed by atoms with van der Waals surface area (Å²) in [5.74, 6) is 0.360. The maximum Gasteiger partial charge on any atom is 0.301 e. The lowest BCUT2D eigenvalue weighted by Crippen LogP contribution is -2.29. The van der Waals surface area contributed by atoms with Crippen molar-refractivity contribution in [2.45, 2.75) is 42.8 Å². The van der Waals surface area contributed by atoms with Gasteiger partial charge in [0.05, 0.1) is 18.2 Å². The number of anilines is 1. The molecule has 1 atom stereocenters. The molecule has 11 heteroatoms. The van der Waals surface area contributed by atoms with Crippen molar-refractivity contribution in [2.24, 2.45) is 0 Å². The molecule has 0 saturated carbocycles. The normalized spacial score (nSPS) is 17.2. The van der Waals surface area contributed by atoms with Crippen LogP contribution >= 0.6 is 23.1 Å². The van der Waals surface area contributed by atoms with Crippen LogP contribution in [0.2, 0.25) is 0 Å². The highest BCUT2D eigenvalue weighted by atomic mass is 32.2. The zero-order valence-electron chi connectivity index (χ0n) is 24.3. The van der Waals surface area contributed by atoms with E-state index in [9.17, 15) is 14.7 Å². The second-order valence-corrected chi connectivity index (χ2v) is 12.6. The first-order chi connectivity index (χ1) is 21.4. The lowest BCUT2D eigenvalue weighted by atomic mass is 9.95. The number of thioether (sulfide) groups is 1. The number of amides is 1. The van der Waals surface area contributed by atoms with Gasteiger partial charge in [-0.25, -0.2) is 0 Å². The molecule has 1 N–H and O–H groups in total. The molecule has 1 aromatic heterocycles. The standard InChI is InChI=1S/C33H31N3O6S2/c1-3-4-14-40-24-7-5-6-22(17-24)28-27(29(37)23-12-13-25-26(18-23)42-16-15-41-25)30(38)31(39)36(28)32-34-35-33(44-32)43-19-21-10-8-20(2)9-11-21/h5-13,17-18,28,37H,3-4,14-16,19H2,1-2H3/b29-27+/t28-/m1/s1. The smallest absolute Gasteiger partial charge is 0.301 e. The maximum absolute atomic E-state index is 13.7. The van der Waals surface area contributed by atoms with Crippen molar-refractivity contribution in [3.05, 3.63) is 94.6 Å². The van der Waals surface area contributed by atoms with Crippen molar-refractivity contribution >= 4 is 45.7 Å². The van der Waals surface area contributed by atoms with E-state index >= 15 is 0 Å². The predicted octanol–water partition coefficient (Wildman–Crippen LogP) is 6.72. The van der Waals surface area contributed by atoms with Gasteiger partial charge in [0.1, 0.15) is 24.7 Å². The second-order valence-electron chi connectivity index (χ2n) is 10.4. The van der Waals surface area contributed by atoms with Crippen LogP contribution in [0.15, 0.2) is 76.6 Å². The SMILES string of the molecule is CCCCOc1cccc([C@@H]2/C(=C(\O)c3ccc4c(c3)OCCO4)C(=O)C(=O)N2c2nnc(SCc3ccc(C)cc3)s2)c1. The van der Waals surface area contributed by atoms with Crippen LogP contribution in [0.1, 0.15) is 48.1 Å². The number of ether oxygens (including phenoxy) is 3. The number of rotatable bonds is 10. The van der Waals surface area contributed by atoms with Gasteiger partial charge in [-0.05, 0) is 54.8 Å². The van der Waals surface area contributed by atoms with E-state index in [-0.39, 0.29) is 16.5 Å². The van der Waals surface area contributed by atoms with Crippen LogP contribution in [0.25, 0.3) is 5.76 Å². The van der Waals surface area contributed by atoms with Crippen molar-refractivity contribution < 1.29 is 28.9 Å². The summed E-state index contributed by atoms with van der Waals surface area (Å²) in [6, 6.07) is 19.5. The van der Waals surface area contributed by atoms with E-state index in [0.29, 0.717) is 58.3 Å². The molecule has 1 amide bonds. The quantitative estimate of drug-likeness (QED) is 0.0511. The number of hydrogen-bond acceptors (Lipinski definition) is 10. The lowest BCUT2D eigenvalue weighted by Gasteiger charge is -2.23. The Balaban J connectivity index is 1.38. The summed E-state index contributed by atoms with van der Waals surface area (Å²) >= 11 is 2.73. The number of fused-ring (bicyclic) bond motifs is 1. The fourth-order valence-electron chi connectivity index (χ4n) is 4.99. The third-order valence-electron chi connectivity index (χ3n) is 7.29. The van der Waals surface area contributed by atoms with Crippen LogP contribution in [0.4, 0.5) is 5.13 Å². The van der Waals surface area contributed by atoms with Crippen LogP contribution in [0, 0.1) is 6.92 Å². The molecule has 3 heterocycles. The van der Waals surface area contributed by atoms with E-state index in [1.807, 2.05) is 19.1 Å². The fraction of sp³-hybridized carbons (Fsp3) is 0.273. The number of aliphatic hydroxyl groups is 1. The molecule has 0 bridgehead atoms. The zero-order valence-corrected chi connectivity index (χ0v) is 26.0. The van der Waals surface area contributed by atoms with Crippen LogP contribution in [0.5, 0.6) is 17.2 Å². The number of aromatic nitrogens is 2. The number of unbranched alkanes of at least 4 members (excludes halogenated alkanes) is 1. The third-order valence-corrected chi connectivity index (χ3v) is 9.41. The Bertz CT molecular complexity index is 1720. The topological polar surface area (TPSA) is 111 Å². The Kier molecular flexibility index (Phi) is 8.85. The number of aliphatic hydroxyl groups excluding tert-OH is 1. The van der Waals surface area contributed by atoms with Gasteiger partial charge >= 0.3 is 5.91 Å². The molecule has 1 saturated heterocycles. The molecular weight excluding hydrogens is 599 g/mol. The number of carbonyl (C=O) groups is 2. The van der Waals surface area contributed by atoms with E-state index < -0.39 is 17.7 Å². The van der Waals surface area contributed by atoms with Crippen LogP contribution in [0.3, 0.4) is 0 Å². The first-order valence-electron chi connectivity index (χ1n) is 14.4. The van der Waals surface area contributed by atoms with Crippen molar-refractivity contribution in [1.82, 2.24) is 10.2 Å². The summed E-state index contributed by atoms with van der Waals surface area (Å²) in [5, 5.41) is 20.5. The van der Waals surface area contributed by atoms with Gasteiger partial charge < -0.3 is 19.3 Å². The monoisotopic (exact) mass is 629 g/mol. The molecule has 226 valence electrons. The Morgan fingerprint density at radius 2 is 1.84 bits per heavy atom. The van der Waals surface area contributed by atoms with Crippen LogP contribution in [-0.2, 0) is 15.3 Å². The summed E-state index contributed by atoms with van der Waals surface area (Å²) in [7, 11) is 0. The number of carbonyl (C=O) groups excluding carboxylic acids is 2. The summed E-state index contributed by atoms with van der Waals surface area (Å²) < 4.78 is 17.9. The number of ketones is 1. The van der Waals surface area contributed by atoms with Crippen LogP contribution < -0.4 is 19.1 Å². The number of Topliss-reactive ketones (excluding diaryl/α,β-unsaturated/α-hetero) is 1. The molecule has 0 spiro atoms. The molecule has 0 radical (unpaired) electrons. The molecule has 3 aromatic carbocycles. The largest absolute Gasteiger partial charge is 0.507 e. The van der Waals surface area contributed by atoms with Gasteiger partial charge in [-0.1, -0.05) is 78.4 Å². The molecule has 2 aliphatic rings. The maximum atomic E-state index is 13.7. The van der Waals surface area contributed by atoms with Crippen molar-refractivity contribution in [2.75, 3.05) is 24.7 Å². The second kappa shape index (κ2) is 13.1. The first-order valence-corrected chi connectivity index (χ1v) is 16.2. The minimum Gasteiger partial charge on any atom is -0.507 e. The summed E-state index contributed by atoms with van der Waals surface area (Å²) in [6.07, 6.45) is 1.87. The minimum absolute atomic E-state index is 0.0542. The highest BCUT2D eigenvalue weighted by Crippen LogP contribution is 2.45. The molecule has 4 aromatic rings. The van der Waals surface area contributed by atoms with E-state index in [1.54, 1.807) is 30.3 Å². The summed E-state index contributed by atoms with van der Waals surface area (Å²) in [4.78, 5) is 28.7. The Morgan fingerprint density at radius 1 is 1.05 bits per heavy atom. The lowest BCUT2D eigenvalue weighted by molar-refractivity contribution is -0.132. The molecule has 2 aliphatic heterocycles. The Morgan fingerprint density at radius 3 is 2.64 bits per heavy atom. The summed E-state index contributed by atoms with van der Waals surface area (Å²) in [5.41, 5.74) is 3.20. The molecule has 6 rings (SSSR count). The highest BCUT2D eigenvalue weighted by Gasteiger charge is 2.48. The van der Waals surface area contributed by atoms with Crippen molar-refractivity contribution in [1.29, 1.82) is 0 Å². The zero-order chi connectivity index (χ0) is 30.6. The molecule has 0 aliphatic carbocycles. The van der Waals surface area contributed by atoms with E-state index in [2.05, 4.69) is 41.4 Å². The van der Waals surface area contributed by atoms with Crippen LogP contribution in [-0.4, -0.2) is 46.8 Å². The number of hydrogen-bond donors (Lipinski definition) is 1. The van der Waals surface area contributed by atoms with Crippen molar-refractivity contribution in [3.63, 3.8) is 0 Å². The average molecular weight is 630 g/mol. The van der Waals surface area contributed by atoms with Gasteiger partial charge in [-0.3, -0.25) is 14.5 Å². The molecule has 1 fully saturated rings. The van der Waals surface area contributed by atoms with Crippen molar-refractivity contribution in [3.8, 4) is 17.2 Å². The third kappa shape index (κ3) is 6.15. The predicted molar refractivity (Wildman–Crippen MR) is 170 cm³/mol.